The Kier molecular flexibility index (Phi) is 2.32. The van der Waals surface area contributed by atoms with Gasteiger partial charge in [-0.15, -0.1) is 0 Å². The Morgan fingerprint density at radius 3 is 2.50 bits per heavy atom. The van der Waals surface area contributed by atoms with Crippen LogP contribution in [0.5, 0.6) is 0 Å². The lowest BCUT2D eigenvalue weighted by atomic mass is 9.85. The first-order chi connectivity index (χ1) is 7.74. The number of nitrogens with zero attached hydrogens (tertiary/aromatic N) is 3. The second-order valence-electron chi connectivity index (χ2n) is 5.10. The summed E-state index contributed by atoms with van der Waals surface area (Å²) in [6.07, 6.45) is 7.91. The smallest absolute Gasteiger partial charge is 0.224 e. The maximum Gasteiger partial charge on any atom is 0.224 e. The topological polar surface area (TPSA) is 41.1 Å². The van der Waals surface area contributed by atoms with Gasteiger partial charge in [0, 0.05) is 44.5 Å². The van der Waals surface area contributed by atoms with E-state index in [4.69, 9.17) is 0 Å². The quantitative estimate of drug-likeness (QED) is 0.808. The minimum Gasteiger partial charge on any atom is -0.347 e. The number of nitrogens with one attached hydrogen (secondary N) is 1. The van der Waals surface area contributed by atoms with Crippen molar-refractivity contribution < 1.29 is 0 Å². The summed E-state index contributed by atoms with van der Waals surface area (Å²) in [5, 5.41) is 3.65. The molecule has 0 aliphatic carbocycles. The van der Waals surface area contributed by atoms with E-state index >= 15 is 0 Å². The summed E-state index contributed by atoms with van der Waals surface area (Å²) >= 11 is 0. The lowest BCUT2D eigenvalue weighted by Gasteiger charge is -2.20. The highest BCUT2D eigenvalue weighted by Crippen LogP contribution is 2.39. The highest BCUT2D eigenvalue weighted by molar-refractivity contribution is 5.29. The molecule has 3 atom stereocenters. The van der Waals surface area contributed by atoms with Crippen LogP contribution in [0, 0.1) is 0 Å². The maximum atomic E-state index is 4.39. The third-order valence-electron chi connectivity index (χ3n) is 3.79. The maximum absolute atomic E-state index is 4.39. The van der Waals surface area contributed by atoms with Crippen LogP contribution in [-0.4, -0.2) is 36.1 Å². The second-order valence-corrected chi connectivity index (χ2v) is 5.10. The van der Waals surface area contributed by atoms with Gasteiger partial charge in [0.1, 0.15) is 0 Å². The second kappa shape index (κ2) is 3.70. The first-order valence-corrected chi connectivity index (χ1v) is 5.99. The van der Waals surface area contributed by atoms with Crippen molar-refractivity contribution in [3.63, 3.8) is 0 Å². The Hall–Kier alpha value is -1.16. The Bertz CT molecular complexity index is 373. The minimum atomic E-state index is 0.634. The van der Waals surface area contributed by atoms with Crippen molar-refractivity contribution >= 4 is 5.95 Å². The number of aromatic nitrogens is 2. The average Bonchev–Trinajstić information content (AvgIpc) is 2.91. The van der Waals surface area contributed by atoms with Crippen molar-refractivity contribution in [3.8, 4) is 0 Å². The molecule has 3 rings (SSSR count). The van der Waals surface area contributed by atoms with E-state index in [9.17, 15) is 0 Å². The van der Waals surface area contributed by atoms with Gasteiger partial charge >= 0.3 is 0 Å². The molecule has 0 spiro atoms. The molecule has 0 aromatic carbocycles. The Morgan fingerprint density at radius 1 is 1.25 bits per heavy atom. The van der Waals surface area contributed by atoms with Gasteiger partial charge in [0.2, 0.25) is 5.95 Å². The van der Waals surface area contributed by atoms with E-state index < -0.39 is 0 Å². The molecule has 0 amide bonds. The largest absolute Gasteiger partial charge is 0.347 e. The Morgan fingerprint density at radius 2 is 2.00 bits per heavy atom. The van der Waals surface area contributed by atoms with Gasteiger partial charge < -0.3 is 10.2 Å². The van der Waals surface area contributed by atoms with E-state index in [1.807, 2.05) is 31.4 Å². The predicted molar refractivity (Wildman–Crippen MR) is 63.7 cm³/mol. The molecule has 2 aliphatic heterocycles. The summed E-state index contributed by atoms with van der Waals surface area (Å²) in [7, 11) is 3.93. The van der Waals surface area contributed by atoms with Crippen LogP contribution in [0.15, 0.2) is 12.4 Å². The van der Waals surface area contributed by atoms with Crippen LogP contribution in [0.4, 0.5) is 5.95 Å². The first kappa shape index (κ1) is 10.0. The third-order valence-corrected chi connectivity index (χ3v) is 3.79. The fraction of sp³-hybridized carbons (Fsp3) is 0.667. The van der Waals surface area contributed by atoms with Gasteiger partial charge in [0.05, 0.1) is 0 Å². The molecule has 3 unspecified atom stereocenters. The fourth-order valence-corrected chi connectivity index (χ4v) is 2.95. The summed E-state index contributed by atoms with van der Waals surface area (Å²) in [4.78, 5) is 10.7. The minimum absolute atomic E-state index is 0.634. The zero-order valence-electron chi connectivity index (χ0n) is 9.85. The molecule has 16 heavy (non-hydrogen) atoms. The molecule has 0 saturated carbocycles. The molecule has 86 valence electrons. The summed E-state index contributed by atoms with van der Waals surface area (Å²) < 4.78 is 0. The van der Waals surface area contributed by atoms with Crippen molar-refractivity contribution in [2.24, 2.45) is 0 Å². The van der Waals surface area contributed by atoms with E-state index in [0.717, 1.165) is 12.0 Å². The first-order valence-electron chi connectivity index (χ1n) is 5.99. The molecule has 2 bridgehead atoms. The van der Waals surface area contributed by atoms with E-state index in [0.29, 0.717) is 12.0 Å². The van der Waals surface area contributed by atoms with E-state index in [1.54, 1.807) is 0 Å². The van der Waals surface area contributed by atoms with Gasteiger partial charge in [0.15, 0.2) is 0 Å². The Balaban J connectivity index is 1.80. The number of rotatable bonds is 2. The summed E-state index contributed by atoms with van der Waals surface area (Å²) in [6.45, 7) is 0. The molecule has 2 saturated heterocycles. The lowest BCUT2D eigenvalue weighted by molar-refractivity contribution is 0.504. The highest BCUT2D eigenvalue weighted by atomic mass is 15.2. The molecular formula is C12H18N4. The van der Waals surface area contributed by atoms with Gasteiger partial charge in [-0.05, 0) is 24.8 Å². The molecule has 4 nitrogen and oxygen atoms in total. The third kappa shape index (κ3) is 1.57. The molecule has 1 aromatic rings. The van der Waals surface area contributed by atoms with Crippen molar-refractivity contribution in [2.45, 2.75) is 37.3 Å². The Labute approximate surface area is 96.1 Å². The normalized spacial score (nSPS) is 32.0. The molecule has 4 heteroatoms. The zero-order chi connectivity index (χ0) is 11.1. The lowest BCUT2D eigenvalue weighted by Crippen LogP contribution is -2.22. The summed E-state index contributed by atoms with van der Waals surface area (Å²) in [5.41, 5.74) is 1.30. The predicted octanol–water partition coefficient (Wildman–Crippen LogP) is 1.15. The van der Waals surface area contributed by atoms with Gasteiger partial charge in [0.25, 0.3) is 0 Å². The van der Waals surface area contributed by atoms with Crippen LogP contribution in [0.25, 0.3) is 0 Å². The van der Waals surface area contributed by atoms with Crippen molar-refractivity contribution in [3.05, 3.63) is 18.0 Å². The van der Waals surface area contributed by atoms with Crippen LogP contribution in [0.2, 0.25) is 0 Å². The fourth-order valence-electron chi connectivity index (χ4n) is 2.95. The van der Waals surface area contributed by atoms with Crippen LogP contribution in [0.3, 0.4) is 0 Å². The monoisotopic (exact) mass is 218 g/mol. The van der Waals surface area contributed by atoms with Gasteiger partial charge in [-0.2, -0.15) is 0 Å². The number of hydrogen-bond acceptors (Lipinski definition) is 4. The summed E-state index contributed by atoms with van der Waals surface area (Å²) in [6, 6.07) is 1.40. The number of anilines is 1. The molecule has 2 fully saturated rings. The SMILES string of the molecule is CN(C)c1ncc(C2CC3CCC2N3)cn1. The van der Waals surface area contributed by atoms with Crippen LogP contribution in [0.1, 0.15) is 30.7 Å². The average molecular weight is 218 g/mol. The molecule has 0 radical (unpaired) electrons. The number of hydrogen-bond donors (Lipinski definition) is 1. The standard InChI is InChI=1S/C12H18N4/c1-16(2)12-13-6-8(7-14-12)10-5-9-3-4-11(10)15-9/h6-7,9-11,15H,3-5H2,1-2H3. The van der Waals surface area contributed by atoms with Crippen molar-refractivity contribution in [1.29, 1.82) is 0 Å². The van der Waals surface area contributed by atoms with Crippen LogP contribution in [-0.2, 0) is 0 Å². The van der Waals surface area contributed by atoms with Gasteiger partial charge in [-0.1, -0.05) is 0 Å². The summed E-state index contributed by atoms with van der Waals surface area (Å²) in [5.74, 6) is 1.43. The van der Waals surface area contributed by atoms with E-state index in [-0.39, 0.29) is 0 Å². The highest BCUT2D eigenvalue weighted by Gasteiger charge is 2.39. The van der Waals surface area contributed by atoms with Gasteiger partial charge in [-0.3, -0.25) is 0 Å². The van der Waals surface area contributed by atoms with Gasteiger partial charge in [-0.25, -0.2) is 9.97 Å². The molecule has 1 aromatic heterocycles. The number of fused-ring (bicyclic) bond motifs is 2. The molecular weight excluding hydrogens is 200 g/mol. The van der Waals surface area contributed by atoms with Crippen LogP contribution < -0.4 is 10.2 Å². The van der Waals surface area contributed by atoms with Crippen molar-refractivity contribution in [1.82, 2.24) is 15.3 Å². The molecule has 3 heterocycles. The zero-order valence-corrected chi connectivity index (χ0v) is 9.85. The molecule has 1 N–H and O–H groups in total. The van der Waals surface area contributed by atoms with Crippen LogP contribution >= 0.6 is 0 Å². The van der Waals surface area contributed by atoms with Crippen molar-refractivity contribution in [2.75, 3.05) is 19.0 Å². The molecule has 2 aliphatic rings. The van der Waals surface area contributed by atoms with E-state index in [1.165, 1.54) is 24.8 Å². The van der Waals surface area contributed by atoms with E-state index in [2.05, 4.69) is 15.3 Å².